The molecule has 0 amide bonds. The average molecular weight is 309 g/mol. The zero-order valence-corrected chi connectivity index (χ0v) is 12.0. The zero-order chi connectivity index (χ0) is 14.2. The van der Waals surface area contributed by atoms with Gasteiger partial charge in [0.05, 0.1) is 12.1 Å². The van der Waals surface area contributed by atoms with E-state index in [-0.39, 0.29) is 12.1 Å². The number of hydrogen-bond donors (Lipinski definition) is 2. The number of halogens is 1. The van der Waals surface area contributed by atoms with Gasteiger partial charge in [-0.15, -0.1) is 0 Å². The Morgan fingerprint density at radius 2 is 1.30 bits per heavy atom. The number of benzene rings is 2. The molecule has 6 heteroatoms. The van der Waals surface area contributed by atoms with Gasteiger partial charge in [-0.25, -0.2) is 0 Å². The minimum absolute atomic E-state index is 0.331. The summed E-state index contributed by atoms with van der Waals surface area (Å²) in [6, 6.07) is 16.0. The van der Waals surface area contributed by atoms with E-state index in [1.807, 2.05) is 42.5 Å². The van der Waals surface area contributed by atoms with Crippen molar-refractivity contribution in [3.63, 3.8) is 0 Å². The molecule has 0 bridgehead atoms. The largest absolute Gasteiger partial charge is 0.278 e. The third-order valence-corrected chi connectivity index (χ3v) is 4.67. The minimum atomic E-state index is -3.48. The quantitative estimate of drug-likeness (QED) is 0.896. The van der Waals surface area contributed by atoms with E-state index in [1.54, 1.807) is 12.1 Å². The summed E-state index contributed by atoms with van der Waals surface area (Å²) in [5.74, 6) is 0. The van der Waals surface area contributed by atoms with Crippen LogP contribution >= 0.6 is 11.6 Å². The maximum absolute atomic E-state index is 11.8. The Labute approximate surface area is 123 Å². The van der Waals surface area contributed by atoms with Gasteiger partial charge in [-0.1, -0.05) is 54.1 Å². The molecule has 0 spiro atoms. The van der Waals surface area contributed by atoms with Crippen LogP contribution in [0.15, 0.2) is 54.6 Å². The SMILES string of the molecule is O=S1(=O)N[C@H](c2ccccc2)[C@H](c2ccc(Cl)cc2)N1. The van der Waals surface area contributed by atoms with Crippen LogP contribution in [0.5, 0.6) is 0 Å². The van der Waals surface area contributed by atoms with Crippen LogP contribution in [-0.2, 0) is 10.2 Å². The summed E-state index contributed by atoms with van der Waals surface area (Å²) in [5, 5.41) is 0.624. The predicted octanol–water partition coefficient (Wildman–Crippen LogP) is 2.56. The lowest BCUT2D eigenvalue weighted by atomic mass is 9.95. The molecule has 2 aromatic carbocycles. The highest BCUT2D eigenvalue weighted by Crippen LogP contribution is 2.34. The lowest BCUT2D eigenvalue weighted by Crippen LogP contribution is -2.24. The lowest BCUT2D eigenvalue weighted by Gasteiger charge is -2.18. The highest BCUT2D eigenvalue weighted by Gasteiger charge is 2.37. The fourth-order valence-electron chi connectivity index (χ4n) is 2.36. The number of hydrogen-bond acceptors (Lipinski definition) is 2. The highest BCUT2D eigenvalue weighted by atomic mass is 35.5. The van der Waals surface area contributed by atoms with Crippen LogP contribution in [0.4, 0.5) is 0 Å². The Hall–Kier alpha value is -1.40. The first-order chi connectivity index (χ1) is 9.55. The van der Waals surface area contributed by atoms with E-state index in [4.69, 9.17) is 11.6 Å². The van der Waals surface area contributed by atoms with Crippen molar-refractivity contribution in [2.45, 2.75) is 12.1 Å². The van der Waals surface area contributed by atoms with Crippen molar-refractivity contribution in [1.82, 2.24) is 9.44 Å². The van der Waals surface area contributed by atoms with Crippen molar-refractivity contribution in [3.05, 3.63) is 70.7 Å². The van der Waals surface area contributed by atoms with E-state index in [0.717, 1.165) is 11.1 Å². The van der Waals surface area contributed by atoms with Gasteiger partial charge in [-0.3, -0.25) is 0 Å². The Balaban J connectivity index is 2.01. The van der Waals surface area contributed by atoms with Gasteiger partial charge in [0.2, 0.25) is 0 Å². The summed E-state index contributed by atoms with van der Waals surface area (Å²) < 4.78 is 28.9. The topological polar surface area (TPSA) is 58.2 Å². The monoisotopic (exact) mass is 308 g/mol. The minimum Gasteiger partial charge on any atom is -0.195 e. The van der Waals surface area contributed by atoms with E-state index < -0.39 is 10.2 Å². The first-order valence-corrected chi connectivity index (χ1v) is 8.01. The molecule has 1 saturated heterocycles. The van der Waals surface area contributed by atoms with Crippen molar-refractivity contribution in [3.8, 4) is 0 Å². The van der Waals surface area contributed by atoms with E-state index in [1.165, 1.54) is 0 Å². The standard InChI is InChI=1S/C14H13ClN2O2S/c15-12-8-6-11(7-9-12)14-13(16-20(18,19)17-14)10-4-2-1-3-5-10/h1-9,13-14,16-17H/t13-,14+/m1/s1. The van der Waals surface area contributed by atoms with Crippen LogP contribution in [0.2, 0.25) is 5.02 Å². The van der Waals surface area contributed by atoms with Gasteiger partial charge in [0.1, 0.15) is 0 Å². The first kappa shape index (κ1) is 13.6. The highest BCUT2D eigenvalue weighted by molar-refractivity contribution is 7.87. The second-order valence-electron chi connectivity index (χ2n) is 4.66. The third-order valence-electron chi connectivity index (χ3n) is 3.29. The van der Waals surface area contributed by atoms with Crippen LogP contribution < -0.4 is 9.44 Å². The van der Waals surface area contributed by atoms with E-state index in [0.29, 0.717) is 5.02 Å². The second kappa shape index (κ2) is 5.18. The summed E-state index contributed by atoms with van der Waals surface area (Å²) in [4.78, 5) is 0. The molecule has 0 unspecified atom stereocenters. The molecule has 104 valence electrons. The molecule has 2 aromatic rings. The second-order valence-corrected chi connectivity index (χ2v) is 6.57. The van der Waals surface area contributed by atoms with E-state index in [9.17, 15) is 8.42 Å². The maximum atomic E-state index is 11.8. The number of rotatable bonds is 2. The maximum Gasteiger partial charge on any atom is 0.278 e. The molecule has 1 fully saturated rings. The average Bonchev–Trinajstić information content (AvgIpc) is 2.77. The molecule has 0 saturated carbocycles. The third kappa shape index (κ3) is 2.71. The molecule has 0 aromatic heterocycles. The zero-order valence-electron chi connectivity index (χ0n) is 10.5. The molecule has 2 N–H and O–H groups in total. The van der Waals surface area contributed by atoms with Crippen LogP contribution in [0.3, 0.4) is 0 Å². The van der Waals surface area contributed by atoms with Gasteiger partial charge < -0.3 is 0 Å². The van der Waals surface area contributed by atoms with E-state index >= 15 is 0 Å². The molecule has 3 rings (SSSR count). The predicted molar refractivity (Wildman–Crippen MR) is 78.6 cm³/mol. The Kier molecular flexibility index (Phi) is 3.52. The molecule has 20 heavy (non-hydrogen) atoms. The summed E-state index contributed by atoms with van der Waals surface area (Å²) in [6.45, 7) is 0. The fourth-order valence-corrected chi connectivity index (χ4v) is 3.76. The Morgan fingerprint density at radius 1 is 0.800 bits per heavy atom. The van der Waals surface area contributed by atoms with Crippen LogP contribution in [0.1, 0.15) is 23.2 Å². The van der Waals surface area contributed by atoms with Crippen LogP contribution in [-0.4, -0.2) is 8.42 Å². The van der Waals surface area contributed by atoms with Gasteiger partial charge in [0.25, 0.3) is 10.2 Å². The first-order valence-electron chi connectivity index (χ1n) is 6.15. The van der Waals surface area contributed by atoms with Gasteiger partial charge in [-0.2, -0.15) is 17.9 Å². The summed E-state index contributed by atoms with van der Waals surface area (Å²) in [6.07, 6.45) is 0. The van der Waals surface area contributed by atoms with Gasteiger partial charge in [-0.05, 0) is 23.3 Å². The van der Waals surface area contributed by atoms with Crippen molar-refractivity contribution < 1.29 is 8.42 Å². The summed E-state index contributed by atoms with van der Waals surface area (Å²) in [7, 11) is -3.48. The summed E-state index contributed by atoms with van der Waals surface area (Å²) in [5.41, 5.74) is 1.79. The van der Waals surface area contributed by atoms with Gasteiger partial charge >= 0.3 is 0 Å². The lowest BCUT2D eigenvalue weighted by molar-refractivity contribution is 0.554. The van der Waals surface area contributed by atoms with Crippen LogP contribution in [0, 0.1) is 0 Å². The van der Waals surface area contributed by atoms with Crippen molar-refractivity contribution in [1.29, 1.82) is 0 Å². The smallest absolute Gasteiger partial charge is 0.195 e. The molecule has 2 atom stereocenters. The van der Waals surface area contributed by atoms with Crippen LogP contribution in [0.25, 0.3) is 0 Å². The molecule has 1 heterocycles. The van der Waals surface area contributed by atoms with Gasteiger partial charge in [0, 0.05) is 5.02 Å². The number of nitrogens with one attached hydrogen (secondary N) is 2. The fraction of sp³-hybridized carbons (Fsp3) is 0.143. The Morgan fingerprint density at radius 3 is 1.85 bits per heavy atom. The van der Waals surface area contributed by atoms with Crippen molar-refractivity contribution in [2.75, 3.05) is 0 Å². The Bertz CT molecular complexity index is 702. The van der Waals surface area contributed by atoms with Crippen molar-refractivity contribution in [2.24, 2.45) is 0 Å². The molecule has 1 aliphatic heterocycles. The summed E-state index contributed by atoms with van der Waals surface area (Å²) >= 11 is 5.87. The van der Waals surface area contributed by atoms with Crippen molar-refractivity contribution >= 4 is 21.8 Å². The normalized spacial score (nSPS) is 24.6. The molecular weight excluding hydrogens is 296 g/mol. The molecule has 1 aliphatic rings. The molecular formula is C14H13ClN2O2S. The van der Waals surface area contributed by atoms with Gasteiger partial charge in [0.15, 0.2) is 0 Å². The molecule has 0 radical (unpaired) electrons. The molecule has 0 aliphatic carbocycles. The van der Waals surface area contributed by atoms with E-state index in [2.05, 4.69) is 9.44 Å². The molecule has 4 nitrogen and oxygen atoms in total.